The van der Waals surface area contributed by atoms with Gasteiger partial charge in [-0.05, 0) is 98.7 Å². The molecular weight excluding hydrogens is 1490 g/mol. The number of aryl methyl sites for hydroxylation is 3. The summed E-state index contributed by atoms with van der Waals surface area (Å²) in [5.74, 6) is -5.01. The minimum Gasteiger partial charge on any atom is -0.463 e. The highest BCUT2D eigenvalue weighted by molar-refractivity contribution is 7.55. The monoisotopic (exact) mass is 1580 g/mol. The average molecular weight is 1590 g/mol. The Morgan fingerprint density at radius 3 is 0.843 bits per heavy atom. The number of aliphatic hydroxyl groups excluding tert-OH is 6. The molecule has 3 aliphatic heterocycles. The Labute approximate surface area is 626 Å². The van der Waals surface area contributed by atoms with Crippen molar-refractivity contribution in [3.63, 3.8) is 0 Å². The molecule has 3 aromatic carbocycles. The van der Waals surface area contributed by atoms with E-state index in [1.165, 1.54) is 77.9 Å². The van der Waals surface area contributed by atoms with E-state index in [4.69, 9.17) is 63.8 Å². The number of esters is 3. The fourth-order valence-corrected chi connectivity index (χ4v) is 15.3. The van der Waals surface area contributed by atoms with Crippen LogP contribution >= 0.6 is 22.8 Å². The van der Waals surface area contributed by atoms with Gasteiger partial charge in [-0.3, -0.25) is 71.0 Å². The summed E-state index contributed by atoms with van der Waals surface area (Å²) in [5.41, 5.74) is -4.60. The molecule has 108 heavy (non-hydrogen) atoms. The van der Waals surface area contributed by atoms with E-state index in [0.29, 0.717) is 0 Å². The lowest BCUT2D eigenvalue weighted by Crippen LogP contribution is -2.38. The minimum atomic E-state index is -4.50. The number of carbonyl (C=O) groups excluding carboxylic acids is 3. The Hall–Kier alpha value is -8.28. The smallest absolute Gasteiger partial charge is 0.380 e. The van der Waals surface area contributed by atoms with E-state index in [2.05, 4.69) is 0 Å². The van der Waals surface area contributed by atoms with Crippen LogP contribution in [0.4, 0.5) is 0 Å². The summed E-state index contributed by atoms with van der Waals surface area (Å²) in [6.07, 6.45) is -21.8. The summed E-state index contributed by atoms with van der Waals surface area (Å²) in [5, 5.41) is 63.5. The van der Waals surface area contributed by atoms with Gasteiger partial charge in [-0.2, -0.15) is 0 Å². The van der Waals surface area contributed by atoms with Gasteiger partial charge in [0.25, 0.3) is 16.7 Å². The van der Waals surface area contributed by atoms with Crippen LogP contribution in [-0.4, -0.2) is 189 Å². The van der Waals surface area contributed by atoms with Crippen LogP contribution in [0.3, 0.4) is 0 Å². The fourth-order valence-electron chi connectivity index (χ4n) is 10.2. The predicted octanol–water partition coefficient (Wildman–Crippen LogP) is 4.02. The Bertz CT molecular complexity index is 4370. The SMILES string of the molecule is [2H]C([2H])(OP(=O)(C[C@@H](C)C(=O)OC(C)C)Oc1ccccc1)[C@@H]1O[C@H](n2cc(C)c(=O)[nH]c2=O)[C@H](O)C1O.[2H]C([2H])(O[P@@](=O)(C[C@@H](C)C(=O)OC(C)C)Oc1ccccc1)[C@@H]1O[C@H](n2cc(C)c(=O)[nH]c2=O)[C@H](O)C1O.[2H]C([2H])(O[P@](=O)(C[C@@H](C)C(=O)OC(C)C)Oc1ccccc1)[C@@H]1O[C@H](n2cc(C)c(=O)[nH]c2=O)[C@H](O)C1O. The van der Waals surface area contributed by atoms with Crippen molar-refractivity contribution in [2.75, 3.05) is 38.2 Å². The highest BCUT2D eigenvalue weighted by Crippen LogP contribution is 2.53. The third kappa shape index (κ3) is 23.9. The maximum absolute atomic E-state index is 13.8. The van der Waals surface area contributed by atoms with Crippen molar-refractivity contribution in [1.82, 2.24) is 28.7 Å². The minimum absolute atomic E-state index is 0.0668. The lowest BCUT2D eigenvalue weighted by atomic mass is 10.1. The molecule has 0 bridgehead atoms. The molecule has 3 fully saturated rings. The van der Waals surface area contributed by atoms with Crippen molar-refractivity contribution in [2.24, 2.45) is 17.8 Å². The van der Waals surface area contributed by atoms with Gasteiger partial charge in [-0.15, -0.1) is 0 Å². The number of H-pyrrole nitrogens is 3. The van der Waals surface area contributed by atoms with E-state index >= 15 is 0 Å². The van der Waals surface area contributed by atoms with Crippen molar-refractivity contribution < 1.29 is 123 Å². The molecule has 39 heteroatoms. The zero-order valence-corrected chi connectivity index (χ0v) is 63.3. The molecule has 3 aromatic heterocycles. The van der Waals surface area contributed by atoms with Gasteiger partial charge in [0.15, 0.2) is 18.7 Å². The highest BCUT2D eigenvalue weighted by Gasteiger charge is 2.49. The second-order valence-corrected chi connectivity index (χ2v) is 32.0. The number of aromatic amines is 3. The Balaban J connectivity index is 0.000000237. The molecule has 18 atom stereocenters. The number of nitrogens with one attached hydrogen (secondary N) is 3. The number of rotatable bonds is 30. The molecule has 9 N–H and O–H groups in total. The van der Waals surface area contributed by atoms with Gasteiger partial charge in [0, 0.05) is 35.3 Å². The normalized spacial score (nSPS) is 25.5. The fraction of sp³-hybridized carbons (Fsp3) is 0.522. The van der Waals surface area contributed by atoms with Gasteiger partial charge in [0.05, 0.1) is 82.5 Å². The highest BCUT2D eigenvalue weighted by atomic mass is 31.2. The standard InChI is InChI=1S/3C23H31N2O10P/c3*1-13(2)33-22(29)15(4)12-36(31,35-16-8-6-5-7-9-16)32-11-17-18(26)19(27)21(34-17)25-10-14(3)20(28)24-23(25)30/h3*5-10,13,15,17-19,21,26-27H,11-12H2,1-4H3,(H,24,28,30)/t15-,17+,18?,19-,21+,36?;15-,17+,18?,19-,21+,36+;15-,17+,18?,19-,21+,36-/m111/s1/i3*11D2. The maximum Gasteiger partial charge on any atom is 0.380 e. The van der Waals surface area contributed by atoms with Crippen LogP contribution in [0, 0.1) is 38.5 Å². The second kappa shape index (κ2) is 38.4. The van der Waals surface area contributed by atoms with E-state index in [-0.39, 0.29) is 33.9 Å². The first-order valence-electron chi connectivity index (χ1n) is 36.7. The molecule has 6 aromatic rings. The Morgan fingerprint density at radius 1 is 0.407 bits per heavy atom. The number of benzene rings is 3. The number of nitrogens with zero attached hydrogens (tertiary/aromatic N) is 3. The zero-order chi connectivity index (χ0) is 85.2. The third-order valence-electron chi connectivity index (χ3n) is 15.6. The van der Waals surface area contributed by atoms with Gasteiger partial charge >= 0.3 is 57.8 Å². The molecular formula is C69H93N6O30P3. The molecule has 594 valence electrons. The van der Waals surface area contributed by atoms with Crippen molar-refractivity contribution in [2.45, 2.75) is 175 Å². The Kier molecular flexibility index (Phi) is 27.7. The van der Waals surface area contributed by atoms with E-state index < -0.39 is 222 Å². The van der Waals surface area contributed by atoms with Gasteiger partial charge in [-0.1, -0.05) is 75.4 Å². The molecule has 0 aliphatic carbocycles. The lowest BCUT2D eigenvalue weighted by Gasteiger charge is -2.24. The number of carbonyl (C=O) groups is 3. The summed E-state index contributed by atoms with van der Waals surface area (Å²) in [6.45, 7) is 9.08. The van der Waals surface area contributed by atoms with Gasteiger partial charge < -0.3 is 72.6 Å². The summed E-state index contributed by atoms with van der Waals surface area (Å²) < 4.78 is 159. The van der Waals surface area contributed by atoms with E-state index in [0.717, 1.165) is 32.3 Å². The summed E-state index contributed by atoms with van der Waals surface area (Å²) in [4.78, 5) is 115. The van der Waals surface area contributed by atoms with Crippen LogP contribution in [0.1, 0.15) is 106 Å². The summed E-state index contributed by atoms with van der Waals surface area (Å²) in [7, 11) is -13.5. The zero-order valence-electron chi connectivity index (χ0n) is 66.6. The summed E-state index contributed by atoms with van der Waals surface area (Å²) in [6, 6.07) is 23.2. The number of aliphatic hydroxyl groups is 6. The number of hydrogen-bond donors (Lipinski definition) is 9. The van der Waals surface area contributed by atoms with Gasteiger partial charge in [0.2, 0.25) is 0 Å². The number of ether oxygens (including phenoxy) is 6. The largest absolute Gasteiger partial charge is 0.463 e. The van der Waals surface area contributed by atoms with E-state index in [1.54, 1.807) is 96.1 Å². The molecule has 6 heterocycles. The average Bonchev–Trinajstić information content (AvgIpc) is 1.69. The van der Waals surface area contributed by atoms with E-state index in [1.807, 2.05) is 15.0 Å². The van der Waals surface area contributed by atoms with E-state index in [9.17, 15) is 87.5 Å². The first kappa shape index (κ1) is 77.9. The van der Waals surface area contributed by atoms with Crippen LogP contribution in [0.5, 0.6) is 17.2 Å². The molecule has 9 rings (SSSR count). The quantitative estimate of drug-likeness (QED) is 0.0175. The van der Waals surface area contributed by atoms with Crippen LogP contribution in [0.15, 0.2) is 138 Å². The van der Waals surface area contributed by atoms with Crippen LogP contribution < -0.4 is 47.3 Å². The first-order chi connectivity index (χ1) is 52.9. The molecule has 0 saturated carbocycles. The number of para-hydroxylation sites is 3. The number of aromatic nitrogens is 6. The number of hydrogen-bond acceptors (Lipinski definition) is 30. The lowest BCUT2D eigenvalue weighted by molar-refractivity contribution is -0.152. The molecule has 0 amide bonds. The van der Waals surface area contributed by atoms with Crippen molar-refractivity contribution in [3.05, 3.63) is 189 Å². The Morgan fingerprint density at radius 2 is 0.630 bits per heavy atom. The van der Waals surface area contributed by atoms with Crippen molar-refractivity contribution in [1.29, 1.82) is 0 Å². The van der Waals surface area contributed by atoms with Crippen molar-refractivity contribution in [3.8, 4) is 17.2 Å². The van der Waals surface area contributed by atoms with Gasteiger partial charge in [0.1, 0.15) is 72.2 Å². The van der Waals surface area contributed by atoms with Gasteiger partial charge in [-0.25, -0.2) is 28.1 Å². The van der Waals surface area contributed by atoms with Crippen LogP contribution in [0.25, 0.3) is 0 Å². The van der Waals surface area contributed by atoms with Crippen LogP contribution in [-0.2, 0) is 70.1 Å². The molecule has 3 saturated heterocycles. The molecule has 0 radical (unpaired) electrons. The molecule has 0 spiro atoms. The maximum atomic E-state index is 13.8. The molecule has 36 nitrogen and oxygen atoms in total. The van der Waals surface area contributed by atoms with Crippen LogP contribution in [0.2, 0.25) is 0 Å². The third-order valence-corrected chi connectivity index (χ3v) is 21.2. The molecule has 3 aliphatic rings. The molecule has 4 unspecified atom stereocenters. The topological polar surface area (TPSA) is 499 Å². The van der Waals surface area contributed by atoms with Crippen molar-refractivity contribution >= 4 is 40.7 Å². The summed E-state index contributed by atoms with van der Waals surface area (Å²) >= 11 is 0. The second-order valence-electron chi connectivity index (χ2n) is 26.1. The predicted molar refractivity (Wildman–Crippen MR) is 384 cm³/mol. The first-order valence-corrected chi connectivity index (χ1v) is 38.8.